The van der Waals surface area contributed by atoms with Crippen LogP contribution in [0.2, 0.25) is 0 Å². The van der Waals surface area contributed by atoms with Gasteiger partial charge in [-0.25, -0.2) is 4.39 Å². The minimum atomic E-state index is -0.305. The molecule has 0 heterocycles. The minimum Gasteiger partial charge on any atom is -0.489 e. The molecule has 1 atom stereocenters. The molecule has 21 heavy (non-hydrogen) atoms. The number of halogens is 1. The van der Waals surface area contributed by atoms with Gasteiger partial charge in [0.15, 0.2) is 5.96 Å². The zero-order chi connectivity index (χ0) is 15.5. The average molecular weight is 297 g/mol. The van der Waals surface area contributed by atoms with Crippen molar-refractivity contribution in [2.75, 3.05) is 33.4 Å². The first kappa shape index (κ1) is 17.2. The van der Waals surface area contributed by atoms with Crippen molar-refractivity contribution >= 4 is 5.96 Å². The van der Waals surface area contributed by atoms with E-state index in [0.717, 1.165) is 0 Å². The standard InChI is InChI=1S/C15H24FN3O2/c1-4-20-9-8-18-15(17-3)19-11-12(2)21-14-7-5-6-13(16)10-14/h5-7,10,12H,4,8-9,11H2,1-3H3,(H2,17,18,19). The highest BCUT2D eigenvalue weighted by molar-refractivity contribution is 5.79. The van der Waals surface area contributed by atoms with Gasteiger partial charge in [-0.2, -0.15) is 0 Å². The summed E-state index contributed by atoms with van der Waals surface area (Å²) in [5.74, 6) is 0.897. The summed E-state index contributed by atoms with van der Waals surface area (Å²) < 4.78 is 23.9. The molecule has 0 radical (unpaired) electrons. The Bertz CT molecular complexity index is 441. The molecule has 1 aromatic rings. The highest BCUT2D eigenvalue weighted by Crippen LogP contribution is 2.13. The van der Waals surface area contributed by atoms with E-state index >= 15 is 0 Å². The second-order valence-electron chi connectivity index (χ2n) is 4.46. The number of aliphatic imine (C=N–C) groups is 1. The fourth-order valence-corrected chi connectivity index (χ4v) is 1.66. The number of ether oxygens (including phenoxy) is 2. The number of guanidine groups is 1. The molecule has 0 bridgehead atoms. The molecule has 0 aliphatic rings. The molecule has 1 unspecified atom stereocenters. The summed E-state index contributed by atoms with van der Waals surface area (Å²) in [4.78, 5) is 4.10. The van der Waals surface area contributed by atoms with Gasteiger partial charge in [0.1, 0.15) is 17.7 Å². The van der Waals surface area contributed by atoms with Gasteiger partial charge < -0.3 is 20.1 Å². The van der Waals surface area contributed by atoms with E-state index < -0.39 is 0 Å². The van der Waals surface area contributed by atoms with Gasteiger partial charge in [0.25, 0.3) is 0 Å². The second kappa shape index (κ2) is 9.99. The van der Waals surface area contributed by atoms with Crippen LogP contribution in [0.1, 0.15) is 13.8 Å². The highest BCUT2D eigenvalue weighted by atomic mass is 19.1. The Kier molecular flexibility index (Phi) is 8.19. The number of nitrogens with zero attached hydrogens (tertiary/aromatic N) is 1. The van der Waals surface area contributed by atoms with Gasteiger partial charge in [-0.1, -0.05) is 6.07 Å². The third-order valence-corrected chi connectivity index (χ3v) is 2.66. The first-order valence-electron chi connectivity index (χ1n) is 7.10. The van der Waals surface area contributed by atoms with Crippen LogP contribution in [-0.2, 0) is 4.74 Å². The first-order chi connectivity index (χ1) is 10.2. The second-order valence-corrected chi connectivity index (χ2v) is 4.46. The van der Waals surface area contributed by atoms with E-state index in [1.54, 1.807) is 19.2 Å². The Morgan fingerprint density at radius 2 is 2.19 bits per heavy atom. The number of hydrogen-bond acceptors (Lipinski definition) is 3. The maximum atomic E-state index is 13.1. The van der Waals surface area contributed by atoms with Gasteiger partial charge >= 0.3 is 0 Å². The third-order valence-electron chi connectivity index (χ3n) is 2.66. The lowest BCUT2D eigenvalue weighted by atomic mass is 10.3. The minimum absolute atomic E-state index is 0.114. The molecule has 1 rings (SSSR count). The average Bonchev–Trinajstić information content (AvgIpc) is 2.46. The van der Waals surface area contributed by atoms with Gasteiger partial charge in [0, 0.05) is 26.3 Å². The molecule has 2 N–H and O–H groups in total. The Labute approximate surface area is 125 Å². The Hall–Kier alpha value is -1.82. The van der Waals surface area contributed by atoms with Crippen LogP contribution in [0.4, 0.5) is 4.39 Å². The number of benzene rings is 1. The van der Waals surface area contributed by atoms with Crippen molar-refractivity contribution in [2.45, 2.75) is 20.0 Å². The third kappa shape index (κ3) is 7.51. The zero-order valence-electron chi connectivity index (χ0n) is 12.9. The molecule has 118 valence electrons. The van der Waals surface area contributed by atoms with Gasteiger partial charge in [-0.15, -0.1) is 0 Å². The molecular formula is C15H24FN3O2. The molecule has 0 saturated heterocycles. The molecule has 0 saturated carbocycles. The Morgan fingerprint density at radius 3 is 2.86 bits per heavy atom. The molecule has 5 nitrogen and oxygen atoms in total. The zero-order valence-corrected chi connectivity index (χ0v) is 12.9. The smallest absolute Gasteiger partial charge is 0.191 e. The molecule has 0 spiro atoms. The maximum absolute atomic E-state index is 13.1. The van der Waals surface area contributed by atoms with E-state index in [9.17, 15) is 4.39 Å². The fraction of sp³-hybridized carbons (Fsp3) is 0.533. The van der Waals surface area contributed by atoms with E-state index in [0.29, 0.717) is 38.0 Å². The predicted molar refractivity (Wildman–Crippen MR) is 82.3 cm³/mol. The van der Waals surface area contributed by atoms with Crippen LogP contribution in [0.15, 0.2) is 29.3 Å². The van der Waals surface area contributed by atoms with Crippen molar-refractivity contribution in [1.29, 1.82) is 0 Å². The van der Waals surface area contributed by atoms with Crippen molar-refractivity contribution in [3.8, 4) is 5.75 Å². The van der Waals surface area contributed by atoms with Gasteiger partial charge in [0.2, 0.25) is 0 Å². The summed E-state index contributed by atoms with van der Waals surface area (Å²) in [6.07, 6.45) is -0.114. The lowest BCUT2D eigenvalue weighted by Crippen LogP contribution is -2.42. The summed E-state index contributed by atoms with van der Waals surface area (Å²) in [5.41, 5.74) is 0. The van der Waals surface area contributed by atoms with Gasteiger partial charge in [-0.05, 0) is 26.0 Å². The van der Waals surface area contributed by atoms with E-state index in [1.165, 1.54) is 12.1 Å². The van der Waals surface area contributed by atoms with Crippen molar-refractivity contribution in [3.05, 3.63) is 30.1 Å². The predicted octanol–water partition coefficient (Wildman–Crippen LogP) is 1.79. The van der Waals surface area contributed by atoms with Crippen LogP contribution >= 0.6 is 0 Å². The molecule has 0 fully saturated rings. The molecule has 6 heteroatoms. The highest BCUT2D eigenvalue weighted by Gasteiger charge is 2.06. The van der Waals surface area contributed by atoms with E-state index in [4.69, 9.17) is 9.47 Å². The van der Waals surface area contributed by atoms with Gasteiger partial charge in [0.05, 0.1) is 13.2 Å². The largest absolute Gasteiger partial charge is 0.489 e. The van der Waals surface area contributed by atoms with Crippen LogP contribution in [0.3, 0.4) is 0 Å². The summed E-state index contributed by atoms with van der Waals surface area (Å²) in [5, 5.41) is 6.28. The van der Waals surface area contributed by atoms with Crippen molar-refractivity contribution < 1.29 is 13.9 Å². The van der Waals surface area contributed by atoms with E-state index in [2.05, 4.69) is 15.6 Å². The van der Waals surface area contributed by atoms with Crippen molar-refractivity contribution in [3.63, 3.8) is 0 Å². The molecule has 0 aliphatic heterocycles. The number of rotatable bonds is 8. The summed E-state index contributed by atoms with van der Waals surface area (Å²) in [7, 11) is 1.70. The van der Waals surface area contributed by atoms with Crippen LogP contribution in [0, 0.1) is 5.82 Å². The van der Waals surface area contributed by atoms with Crippen molar-refractivity contribution in [2.24, 2.45) is 4.99 Å². The van der Waals surface area contributed by atoms with Crippen LogP contribution < -0.4 is 15.4 Å². The topological polar surface area (TPSA) is 54.9 Å². The van der Waals surface area contributed by atoms with E-state index in [1.807, 2.05) is 13.8 Å². The monoisotopic (exact) mass is 297 g/mol. The molecule has 0 aromatic heterocycles. The Balaban J connectivity index is 2.29. The lowest BCUT2D eigenvalue weighted by molar-refractivity contribution is 0.152. The number of nitrogens with one attached hydrogen (secondary N) is 2. The maximum Gasteiger partial charge on any atom is 0.191 e. The van der Waals surface area contributed by atoms with Gasteiger partial charge in [-0.3, -0.25) is 4.99 Å². The summed E-state index contributed by atoms with van der Waals surface area (Å²) >= 11 is 0. The van der Waals surface area contributed by atoms with Crippen LogP contribution in [-0.4, -0.2) is 45.4 Å². The normalized spacial score (nSPS) is 12.9. The first-order valence-corrected chi connectivity index (χ1v) is 7.10. The van der Waals surface area contributed by atoms with E-state index in [-0.39, 0.29) is 11.9 Å². The lowest BCUT2D eigenvalue weighted by Gasteiger charge is -2.17. The molecular weight excluding hydrogens is 273 g/mol. The summed E-state index contributed by atoms with van der Waals surface area (Å²) in [6.45, 7) is 6.44. The summed E-state index contributed by atoms with van der Waals surface area (Å²) in [6, 6.07) is 6.11. The SMILES string of the molecule is CCOCCNC(=NC)NCC(C)Oc1cccc(F)c1. The molecule has 0 aliphatic carbocycles. The van der Waals surface area contributed by atoms with Crippen LogP contribution in [0.5, 0.6) is 5.75 Å². The quantitative estimate of drug-likeness (QED) is 0.436. The van der Waals surface area contributed by atoms with Crippen molar-refractivity contribution in [1.82, 2.24) is 10.6 Å². The van der Waals surface area contributed by atoms with Crippen LogP contribution in [0.25, 0.3) is 0 Å². The molecule has 0 amide bonds. The Morgan fingerprint density at radius 1 is 1.38 bits per heavy atom. The fourth-order valence-electron chi connectivity index (χ4n) is 1.66. The number of hydrogen-bond donors (Lipinski definition) is 2. The molecule has 1 aromatic carbocycles.